The monoisotopic (exact) mass is 631 g/mol. The minimum absolute atomic E-state index is 0.0244. The summed E-state index contributed by atoms with van der Waals surface area (Å²) in [5.74, 6) is -4.57. The first-order valence-electron chi connectivity index (χ1n) is 16.2. The van der Waals surface area contributed by atoms with Crippen LogP contribution in [0.3, 0.4) is 0 Å². The van der Waals surface area contributed by atoms with Crippen LogP contribution in [0, 0.1) is 23.7 Å². The molecule has 1 saturated heterocycles. The standard InChI is InChI=1S/C35H41N3O8/c1-37(2)28-23-14-20-13-22-21(31-19(10-12-46-31)16-38-11-9-17-5-3-4-6-18(17)15-38)7-8-24(39)26(22)29(40)25(20)32(42)35(23,45)33(43)27(30(28)41)34(36)44/h7-8,10,12,17-18,20,23,28,39,41-42,45H,3-6,9,11,13-16H2,1-2H3,(H2,36,44)/t17?,18?,20-,23-,28-,35-/m0/s1. The van der Waals surface area contributed by atoms with Crippen LogP contribution in [0.5, 0.6) is 5.75 Å². The largest absolute Gasteiger partial charge is 0.510 e. The second-order valence-corrected chi connectivity index (χ2v) is 14.1. The molecule has 2 heterocycles. The van der Waals surface area contributed by atoms with E-state index < -0.39 is 58.0 Å². The van der Waals surface area contributed by atoms with Gasteiger partial charge in [0.25, 0.3) is 5.91 Å². The number of likely N-dealkylation sites (N-methyl/N-ethyl adjacent to an activating group) is 1. The molecule has 2 aromatic rings. The summed E-state index contributed by atoms with van der Waals surface area (Å²) in [7, 11) is 3.22. The molecule has 1 aromatic heterocycles. The molecule has 2 fully saturated rings. The van der Waals surface area contributed by atoms with Gasteiger partial charge in [0.05, 0.1) is 17.9 Å². The number of nitrogens with zero attached hydrogens (tertiary/aromatic N) is 2. The Morgan fingerprint density at radius 3 is 2.54 bits per heavy atom. The van der Waals surface area contributed by atoms with Crippen LogP contribution < -0.4 is 5.73 Å². The lowest BCUT2D eigenvalue weighted by Crippen LogP contribution is -2.63. The molecule has 1 amide bonds. The first-order valence-corrected chi connectivity index (χ1v) is 16.2. The molecular weight excluding hydrogens is 590 g/mol. The lowest BCUT2D eigenvalue weighted by atomic mass is 9.58. The first-order chi connectivity index (χ1) is 21.9. The average molecular weight is 632 g/mol. The number of allylic oxidation sites excluding steroid dienone is 1. The number of fused-ring (bicyclic) bond motifs is 4. The van der Waals surface area contributed by atoms with Gasteiger partial charge in [0.15, 0.2) is 11.4 Å². The Morgan fingerprint density at radius 1 is 1.09 bits per heavy atom. The van der Waals surface area contributed by atoms with Gasteiger partial charge in [0.1, 0.15) is 28.6 Å². The van der Waals surface area contributed by atoms with Gasteiger partial charge < -0.3 is 30.6 Å². The number of rotatable bonds is 5. The molecule has 6 atom stereocenters. The maximum atomic E-state index is 14.2. The Balaban J connectivity index is 1.27. The van der Waals surface area contributed by atoms with E-state index >= 15 is 0 Å². The average Bonchev–Trinajstić information content (AvgIpc) is 3.46. The summed E-state index contributed by atoms with van der Waals surface area (Å²) in [4.78, 5) is 43.9. The highest BCUT2D eigenvalue weighted by atomic mass is 16.3. The molecule has 11 nitrogen and oxygen atoms in total. The molecule has 11 heteroatoms. The van der Waals surface area contributed by atoms with E-state index in [-0.39, 0.29) is 29.7 Å². The number of aliphatic hydroxyl groups excluding tert-OH is 2. The van der Waals surface area contributed by atoms with Crippen molar-refractivity contribution in [2.24, 2.45) is 29.4 Å². The molecule has 1 saturated carbocycles. The van der Waals surface area contributed by atoms with Gasteiger partial charge in [-0.2, -0.15) is 0 Å². The van der Waals surface area contributed by atoms with Crippen LogP contribution in [-0.4, -0.2) is 86.5 Å². The number of hydrogen-bond acceptors (Lipinski definition) is 10. The minimum atomic E-state index is -2.67. The molecule has 5 aliphatic rings. The Bertz CT molecular complexity index is 1700. The number of aliphatic hydroxyl groups is 3. The summed E-state index contributed by atoms with van der Waals surface area (Å²) in [5, 5.41) is 45.4. The van der Waals surface area contributed by atoms with E-state index in [4.69, 9.17) is 10.2 Å². The van der Waals surface area contributed by atoms with Crippen molar-refractivity contribution < 1.29 is 39.2 Å². The fourth-order valence-electron chi connectivity index (χ4n) is 9.22. The van der Waals surface area contributed by atoms with Crippen LogP contribution in [-0.2, 0) is 22.6 Å². The van der Waals surface area contributed by atoms with Crippen molar-refractivity contribution in [3.8, 4) is 17.1 Å². The molecule has 1 aliphatic heterocycles. The van der Waals surface area contributed by atoms with Gasteiger partial charge in [-0.15, -0.1) is 0 Å². The van der Waals surface area contributed by atoms with Gasteiger partial charge in [0.2, 0.25) is 5.78 Å². The number of aromatic hydroxyl groups is 1. The zero-order chi connectivity index (χ0) is 32.7. The number of furan rings is 1. The predicted molar refractivity (Wildman–Crippen MR) is 167 cm³/mol. The molecular formula is C35H41N3O8. The zero-order valence-electron chi connectivity index (χ0n) is 26.2. The predicted octanol–water partition coefficient (Wildman–Crippen LogP) is 3.39. The molecule has 1 aromatic carbocycles. The van der Waals surface area contributed by atoms with Crippen molar-refractivity contribution in [2.75, 3.05) is 27.2 Å². The number of primary amides is 1. The van der Waals surface area contributed by atoms with Crippen molar-refractivity contribution in [1.82, 2.24) is 9.80 Å². The van der Waals surface area contributed by atoms with Crippen molar-refractivity contribution in [1.29, 1.82) is 0 Å². The molecule has 0 radical (unpaired) electrons. The highest BCUT2D eigenvalue weighted by Gasteiger charge is 2.63. The van der Waals surface area contributed by atoms with Gasteiger partial charge in [-0.3, -0.25) is 24.2 Å². The third kappa shape index (κ3) is 4.46. The third-order valence-corrected chi connectivity index (χ3v) is 11.4. The van der Waals surface area contributed by atoms with Crippen LogP contribution in [0.15, 0.2) is 51.5 Å². The number of Topliss-reactive ketones (excluding diaryl/α,β-unsaturated/α-hetero) is 2. The smallest absolute Gasteiger partial charge is 0.255 e. The number of piperidine rings is 1. The van der Waals surface area contributed by atoms with Crippen LogP contribution >= 0.6 is 0 Å². The lowest BCUT2D eigenvalue weighted by molar-refractivity contribution is -0.148. The molecule has 0 bridgehead atoms. The van der Waals surface area contributed by atoms with Crippen LogP contribution in [0.2, 0.25) is 0 Å². The van der Waals surface area contributed by atoms with Crippen LogP contribution in [0.4, 0.5) is 0 Å². The fourth-order valence-corrected chi connectivity index (χ4v) is 9.22. The number of carbonyl (C=O) groups is 3. The number of nitrogens with two attached hydrogens (primary N) is 1. The van der Waals surface area contributed by atoms with Gasteiger partial charge in [-0.1, -0.05) is 19.3 Å². The number of carbonyl (C=O) groups excluding carboxylic acids is 3. The van der Waals surface area contributed by atoms with Crippen molar-refractivity contribution in [3.63, 3.8) is 0 Å². The van der Waals surface area contributed by atoms with E-state index in [0.717, 1.165) is 24.6 Å². The van der Waals surface area contributed by atoms with Gasteiger partial charge in [0, 0.05) is 35.7 Å². The number of amides is 1. The van der Waals surface area contributed by atoms with Gasteiger partial charge >= 0.3 is 0 Å². The zero-order valence-corrected chi connectivity index (χ0v) is 26.2. The molecule has 0 spiro atoms. The highest BCUT2D eigenvalue weighted by molar-refractivity contribution is 6.24. The van der Waals surface area contributed by atoms with E-state index in [9.17, 15) is 34.8 Å². The number of likely N-dealkylation sites (tertiary alicyclic amines) is 1. The van der Waals surface area contributed by atoms with E-state index in [1.165, 1.54) is 38.2 Å². The Hall–Kier alpha value is -3.93. The molecule has 244 valence electrons. The Labute approximate surface area is 267 Å². The van der Waals surface area contributed by atoms with E-state index in [0.29, 0.717) is 29.3 Å². The number of ketones is 2. The highest BCUT2D eigenvalue weighted by Crippen LogP contribution is 2.53. The van der Waals surface area contributed by atoms with Crippen LogP contribution in [0.25, 0.3) is 11.3 Å². The second-order valence-electron chi connectivity index (χ2n) is 14.1. The number of benzene rings is 1. The van der Waals surface area contributed by atoms with Crippen LogP contribution in [0.1, 0.15) is 60.0 Å². The molecule has 7 rings (SSSR count). The first kappa shape index (κ1) is 30.7. The number of phenols is 1. The molecule has 46 heavy (non-hydrogen) atoms. The maximum Gasteiger partial charge on any atom is 0.255 e. The summed E-state index contributed by atoms with van der Waals surface area (Å²) in [5.41, 5.74) is 3.93. The summed E-state index contributed by atoms with van der Waals surface area (Å²) in [6.45, 7) is 2.76. The quantitative estimate of drug-likeness (QED) is 0.307. The normalized spacial score (nSPS) is 31.4. The van der Waals surface area contributed by atoms with E-state index in [2.05, 4.69) is 4.90 Å². The Morgan fingerprint density at radius 2 is 1.83 bits per heavy atom. The molecule has 4 aliphatic carbocycles. The Kier molecular flexibility index (Phi) is 7.41. The minimum Gasteiger partial charge on any atom is -0.510 e. The lowest BCUT2D eigenvalue weighted by Gasteiger charge is -2.50. The summed E-state index contributed by atoms with van der Waals surface area (Å²) in [6, 6.07) is 4.07. The van der Waals surface area contributed by atoms with E-state index in [1.54, 1.807) is 31.3 Å². The summed E-state index contributed by atoms with van der Waals surface area (Å²) >= 11 is 0. The van der Waals surface area contributed by atoms with Crippen molar-refractivity contribution in [3.05, 3.63) is 63.8 Å². The third-order valence-electron chi connectivity index (χ3n) is 11.4. The maximum absolute atomic E-state index is 14.2. The summed E-state index contributed by atoms with van der Waals surface area (Å²) in [6.07, 6.45) is 8.26. The van der Waals surface area contributed by atoms with E-state index in [1.807, 2.05) is 6.07 Å². The van der Waals surface area contributed by atoms with Gasteiger partial charge in [-0.25, -0.2) is 0 Å². The number of phenolic OH excluding ortho intramolecular Hbond substituents is 1. The van der Waals surface area contributed by atoms with Crippen molar-refractivity contribution >= 4 is 17.5 Å². The topological polar surface area (TPSA) is 178 Å². The number of hydrogen-bond donors (Lipinski definition) is 5. The SMILES string of the molecule is CN(C)[C@@H]1C(O)=C(C(N)=O)C(=O)[C@@]2(O)C(O)=C3C(=O)c4c(O)ccc(-c5occc5CN5CCC6CCCCC6C5)c4C[C@H]3C[C@@H]12. The molecule has 6 N–H and O–H groups in total. The fraction of sp³-hybridized carbons (Fsp3) is 0.514. The second kappa shape index (κ2) is 11.1. The molecule has 2 unspecified atom stereocenters. The summed E-state index contributed by atoms with van der Waals surface area (Å²) < 4.78 is 6.05. The van der Waals surface area contributed by atoms with Crippen molar-refractivity contribution in [2.45, 2.75) is 63.1 Å². The van der Waals surface area contributed by atoms with Gasteiger partial charge in [-0.05, 0) is 87.8 Å².